The van der Waals surface area contributed by atoms with Gasteiger partial charge in [-0.2, -0.15) is 0 Å². The van der Waals surface area contributed by atoms with E-state index in [9.17, 15) is 14.7 Å². The third kappa shape index (κ3) is 3.46. The molecule has 2 N–H and O–H groups in total. The summed E-state index contributed by atoms with van der Waals surface area (Å²) in [6, 6.07) is 1.25. The van der Waals surface area contributed by atoms with E-state index in [-0.39, 0.29) is 33.6 Å². The number of aliphatic hydroxyl groups is 1. The van der Waals surface area contributed by atoms with Crippen LogP contribution in [-0.4, -0.2) is 35.3 Å². The first kappa shape index (κ1) is 13.3. The molecule has 0 radical (unpaired) electrons. The number of nitrogens with zero attached hydrogens (tertiary/aromatic N) is 1. The van der Waals surface area contributed by atoms with Gasteiger partial charge in [-0.15, -0.1) is 0 Å². The zero-order valence-corrected chi connectivity index (χ0v) is 11.8. The van der Waals surface area contributed by atoms with Crippen LogP contribution in [0, 0.1) is 5.92 Å². The third-order valence-corrected chi connectivity index (χ3v) is 3.66. The van der Waals surface area contributed by atoms with Gasteiger partial charge in [0.25, 0.3) is 5.56 Å². The molecular weight excluding hydrogens is 291 g/mol. The van der Waals surface area contributed by atoms with Gasteiger partial charge in [-0.25, -0.2) is 4.79 Å². The lowest BCUT2D eigenvalue weighted by Gasteiger charge is -2.16. The second kappa shape index (κ2) is 6.67. The number of hydrogen-bond acceptors (Lipinski definition) is 6. The van der Waals surface area contributed by atoms with E-state index in [0.717, 1.165) is 11.7 Å². The Morgan fingerprint density at radius 3 is 3.26 bits per heavy atom. The molecule has 0 spiro atoms. The summed E-state index contributed by atoms with van der Waals surface area (Å²) in [5.41, 5.74) is -1.00. The molecule has 0 bridgehead atoms. The fourth-order valence-corrected chi connectivity index (χ4v) is 2.49. The summed E-state index contributed by atoms with van der Waals surface area (Å²) in [5.74, 6) is -0.145. The van der Waals surface area contributed by atoms with Gasteiger partial charge in [0.05, 0.1) is 14.0 Å². The van der Waals surface area contributed by atoms with E-state index in [1.165, 1.54) is 16.8 Å². The molecule has 4 atom stereocenters. The molecule has 2 heterocycles. The number of aliphatic hydroxyl groups excluding tert-OH is 1. The number of rotatable bonds is 6. The van der Waals surface area contributed by atoms with E-state index in [0.29, 0.717) is 6.42 Å². The van der Waals surface area contributed by atoms with Crippen LogP contribution in [0.15, 0.2) is 21.9 Å². The summed E-state index contributed by atoms with van der Waals surface area (Å²) < 4.78 is 19.2. The molecule has 1 aliphatic heterocycles. The summed E-state index contributed by atoms with van der Waals surface area (Å²) >= 11 is 1.03. The second-order valence-electron chi connectivity index (χ2n) is 4.19. The summed E-state index contributed by atoms with van der Waals surface area (Å²) in [6.45, 7) is 0.173. The van der Waals surface area contributed by atoms with Crippen molar-refractivity contribution in [3.05, 3.63) is 33.1 Å². The van der Waals surface area contributed by atoms with Gasteiger partial charge >= 0.3 is 5.69 Å². The first-order valence-electron chi connectivity index (χ1n) is 6.18. The molecule has 0 saturated carbocycles. The molecule has 1 aromatic heterocycles. The molecule has 19 heavy (non-hydrogen) atoms. The van der Waals surface area contributed by atoms with Crippen LogP contribution >= 0.6 is 20.0 Å². The Kier molecular flexibility index (Phi) is 4.68. The van der Waals surface area contributed by atoms with Crippen LogP contribution < -0.4 is 11.2 Å². The maximum atomic E-state index is 11.7. The quantitative estimate of drug-likeness (QED) is 0.433. The van der Waals surface area contributed by atoms with Gasteiger partial charge in [-0.1, -0.05) is 0 Å². The monoisotopic (exact) mass is 308 g/mol. The van der Waals surface area contributed by atoms with Crippen molar-refractivity contribution in [2.75, 3.05) is 13.2 Å². The molecule has 106 valence electrons. The zero-order chi connectivity index (χ0) is 14.5. The number of ether oxygens (including phenoxy) is 1. The van der Waals surface area contributed by atoms with Gasteiger partial charge in [-0.05, 0) is 8.39 Å². The van der Waals surface area contributed by atoms with Crippen molar-refractivity contribution in [3.8, 4) is 0 Å². The molecule has 9 heteroatoms. The normalized spacial score (nSPS) is 28.1. The minimum atomic E-state index is -0.539. The van der Waals surface area contributed by atoms with Crippen LogP contribution in [0.3, 0.4) is 0 Å². The lowest BCUT2D eigenvalue weighted by atomic mass is 10.0. The van der Waals surface area contributed by atoms with Gasteiger partial charge in [0.1, 0.15) is 6.23 Å². The van der Waals surface area contributed by atoms with Crippen molar-refractivity contribution >= 4 is 20.0 Å². The van der Waals surface area contributed by atoms with Crippen LogP contribution in [-0.2, 0) is 8.92 Å². The Bertz CT molecular complexity index is 553. The molecule has 2 rings (SSSR count). The molecule has 1 unspecified atom stereocenters. The van der Waals surface area contributed by atoms with Crippen LogP contribution in [0.4, 0.5) is 0 Å². The minimum Gasteiger partial charge on any atom is -0.396 e. The van der Waals surface area contributed by atoms with Crippen molar-refractivity contribution in [1.82, 2.24) is 9.55 Å². The van der Waals surface area contributed by atoms with E-state index in [1.807, 2.05) is 0 Å². The lowest BCUT2D eigenvalue weighted by molar-refractivity contribution is -0.0284. The topological polar surface area (TPSA) is 93.5 Å². The molecule has 0 aromatic carbocycles. The number of hydrogen-bond donors (Lipinski definition) is 2. The highest BCUT2D eigenvalue weighted by atomic mass is 32.7. The Morgan fingerprint density at radius 1 is 1.74 bits per heavy atom. The average molecular weight is 308 g/mol. The fraction of sp³-hybridized carbons (Fsp3) is 0.600. The van der Waals surface area contributed by atoms with Crippen LogP contribution in [0.25, 0.3) is 0 Å². The largest absolute Gasteiger partial charge is 0.396 e. The molecule has 1 saturated heterocycles. The predicted molar refractivity (Wildman–Crippen MR) is 73.7 cm³/mol. The maximum absolute atomic E-state index is 11.7. The summed E-state index contributed by atoms with van der Waals surface area (Å²) in [6.07, 6.45) is 0.967. The average Bonchev–Trinajstić information content (AvgIpc) is 2.82. The number of aromatic amines is 1. The summed E-state index contributed by atoms with van der Waals surface area (Å²) in [5, 5.41) is 9.35. The summed E-state index contributed by atoms with van der Waals surface area (Å²) in [4.78, 5) is 24.9. The van der Waals surface area contributed by atoms with E-state index < -0.39 is 17.5 Å². The van der Waals surface area contributed by atoms with Crippen molar-refractivity contribution in [2.45, 2.75) is 18.8 Å². The number of aromatic nitrogens is 2. The van der Waals surface area contributed by atoms with E-state index in [2.05, 4.69) is 4.98 Å². The molecule has 1 aliphatic rings. The van der Waals surface area contributed by atoms with Gasteiger partial charge < -0.3 is 14.0 Å². The Hall–Kier alpha value is -0.660. The van der Waals surface area contributed by atoms with Crippen molar-refractivity contribution < 1.29 is 14.0 Å². The standard InChI is InChI=1S/C10H15N2O5PS/c13-4-6-3-9(17-7(6)5-16-19-18)12-2-1-8(14)11-10(12)15/h1-2,6-7,9,13H,3-5,18H2,(H,11,14,15)/t6-,7-,9-/m1/s1/i18T/t6-,7-,9-,18?. The minimum absolute atomic E-state index is 0.0730. The van der Waals surface area contributed by atoms with E-state index in [1.54, 1.807) is 0 Å². The van der Waals surface area contributed by atoms with Crippen LogP contribution in [0.5, 0.6) is 0 Å². The Labute approximate surface area is 116 Å². The molecule has 1 aromatic rings. The van der Waals surface area contributed by atoms with Gasteiger partial charge in [0.2, 0.25) is 0 Å². The first-order valence-corrected chi connectivity index (χ1v) is 7.65. The second-order valence-corrected chi connectivity index (χ2v) is 5.10. The third-order valence-electron chi connectivity index (χ3n) is 3.05. The first-order chi connectivity index (χ1) is 9.65. The van der Waals surface area contributed by atoms with Crippen LogP contribution in [0.1, 0.15) is 12.6 Å². The van der Waals surface area contributed by atoms with Crippen LogP contribution in [0.2, 0.25) is 0 Å². The summed E-state index contributed by atoms with van der Waals surface area (Å²) in [7, 11) is -0.132. The Balaban J connectivity index is 2.07. The van der Waals surface area contributed by atoms with Crippen molar-refractivity contribution in [1.29, 1.82) is 1.28 Å². The molecule has 0 aliphatic carbocycles. The van der Waals surface area contributed by atoms with Crippen molar-refractivity contribution in [2.24, 2.45) is 5.92 Å². The number of H-pyrrole nitrogens is 1. The Morgan fingerprint density at radius 2 is 2.58 bits per heavy atom. The predicted octanol–water partition coefficient (Wildman–Crippen LogP) is -0.113. The SMILES string of the molecule is [3H]PSOC[C@H]1O[C@@H](n2ccc(=O)[nH]c2=O)C[C@@H]1CO. The fourth-order valence-electron chi connectivity index (χ4n) is 2.08. The molecule has 0 amide bonds. The molecule has 1 fully saturated rings. The highest BCUT2D eigenvalue weighted by Crippen LogP contribution is 2.33. The van der Waals surface area contributed by atoms with Gasteiger partial charge in [0.15, 0.2) is 0 Å². The number of nitrogens with one attached hydrogen (secondary N) is 1. The van der Waals surface area contributed by atoms with Gasteiger partial charge in [0, 0.05) is 42.9 Å². The van der Waals surface area contributed by atoms with E-state index >= 15 is 0 Å². The highest BCUT2D eigenvalue weighted by Gasteiger charge is 2.36. The lowest BCUT2D eigenvalue weighted by Crippen LogP contribution is -2.31. The maximum Gasteiger partial charge on any atom is 0.330 e. The van der Waals surface area contributed by atoms with E-state index in [4.69, 9.17) is 10.2 Å². The zero-order valence-electron chi connectivity index (χ0n) is 10.9. The highest BCUT2D eigenvalue weighted by molar-refractivity contribution is 8.40. The molecular formula is C10H15N2O5PS. The molecule has 7 nitrogen and oxygen atoms in total. The van der Waals surface area contributed by atoms with Crippen molar-refractivity contribution in [3.63, 3.8) is 0 Å². The smallest absolute Gasteiger partial charge is 0.330 e. The van der Waals surface area contributed by atoms with Gasteiger partial charge in [-0.3, -0.25) is 14.3 Å².